The number of rotatable bonds is 5. The fourth-order valence-corrected chi connectivity index (χ4v) is 2.38. The van der Waals surface area contributed by atoms with Gasteiger partial charge in [0, 0.05) is 6.04 Å². The molecule has 0 rings (SSSR count). The lowest BCUT2D eigenvalue weighted by Gasteiger charge is -2.24. The van der Waals surface area contributed by atoms with Crippen LogP contribution in [0.4, 0.5) is 0 Å². The van der Waals surface area contributed by atoms with Crippen LogP contribution in [0.3, 0.4) is 0 Å². The van der Waals surface area contributed by atoms with Crippen LogP contribution in [0.15, 0.2) is 0 Å². The van der Waals surface area contributed by atoms with Crippen molar-refractivity contribution in [3.05, 3.63) is 0 Å². The van der Waals surface area contributed by atoms with Gasteiger partial charge in [0.1, 0.15) is 0 Å². The van der Waals surface area contributed by atoms with Crippen molar-refractivity contribution in [1.82, 2.24) is 4.67 Å². The van der Waals surface area contributed by atoms with Gasteiger partial charge < -0.3 is 0 Å². The first-order valence-corrected chi connectivity index (χ1v) is 7.59. The maximum atomic E-state index is 11.2. The van der Waals surface area contributed by atoms with Crippen LogP contribution in [0, 0.1) is 0 Å². The first-order valence-electron chi connectivity index (χ1n) is 4.12. The van der Waals surface area contributed by atoms with Gasteiger partial charge in [-0.2, -0.15) is 0 Å². The molecule has 0 fully saturated rings. The lowest BCUT2D eigenvalue weighted by atomic mass is 10.1. The summed E-state index contributed by atoms with van der Waals surface area (Å²) >= 11 is 11.0. The van der Waals surface area contributed by atoms with Crippen molar-refractivity contribution < 1.29 is 4.57 Å². The minimum atomic E-state index is -3.08. The molecule has 0 aromatic carbocycles. The quantitative estimate of drug-likeness (QED) is 0.665. The lowest BCUT2D eigenvalue weighted by molar-refractivity contribution is 0.375. The van der Waals surface area contributed by atoms with E-state index >= 15 is 0 Å². The molecule has 0 bridgehead atoms. The van der Waals surface area contributed by atoms with E-state index in [-0.39, 0.29) is 6.04 Å². The highest BCUT2D eigenvalue weighted by molar-refractivity contribution is 8.06. The molecule has 0 aromatic heterocycles. The van der Waals surface area contributed by atoms with Crippen molar-refractivity contribution in [2.24, 2.45) is 0 Å². The van der Waals surface area contributed by atoms with Crippen LogP contribution >= 0.6 is 28.5 Å². The molecule has 0 saturated carbocycles. The zero-order valence-corrected chi connectivity index (χ0v) is 10.2. The van der Waals surface area contributed by atoms with E-state index in [0.29, 0.717) is 0 Å². The Balaban J connectivity index is 3.93. The van der Waals surface area contributed by atoms with Crippen LogP contribution in [0.2, 0.25) is 0 Å². The minimum Gasteiger partial charge on any atom is -0.271 e. The van der Waals surface area contributed by atoms with Crippen molar-refractivity contribution in [3.8, 4) is 0 Å². The first-order chi connectivity index (χ1) is 5.39. The fraction of sp³-hybridized carbons (Fsp3) is 1.00. The zero-order valence-electron chi connectivity index (χ0n) is 7.76. The van der Waals surface area contributed by atoms with Crippen molar-refractivity contribution in [2.45, 2.75) is 39.2 Å². The standard InChI is InChI=1S/C7H16Cl2NOP/c1-4-5-6-7(2)10(3)12(8,9)11/h7H,4-6H2,1-3H3. The second-order valence-corrected chi connectivity index (χ2v) is 7.77. The summed E-state index contributed by atoms with van der Waals surface area (Å²) < 4.78 is 12.7. The van der Waals surface area contributed by atoms with E-state index in [9.17, 15) is 4.57 Å². The van der Waals surface area contributed by atoms with Gasteiger partial charge in [-0.25, -0.2) is 4.67 Å². The second-order valence-electron chi connectivity index (χ2n) is 3.00. The highest BCUT2D eigenvalue weighted by Gasteiger charge is 2.25. The fourth-order valence-electron chi connectivity index (χ4n) is 0.916. The summed E-state index contributed by atoms with van der Waals surface area (Å²) in [6, 6.07) is 0.186. The molecule has 5 heteroatoms. The van der Waals surface area contributed by atoms with Crippen molar-refractivity contribution in [2.75, 3.05) is 7.05 Å². The average Bonchev–Trinajstić information content (AvgIpc) is 1.97. The number of hydrogen-bond donors (Lipinski definition) is 0. The summed E-state index contributed by atoms with van der Waals surface area (Å²) in [6.07, 6.45) is 3.22. The summed E-state index contributed by atoms with van der Waals surface area (Å²) in [5.41, 5.74) is 0. The largest absolute Gasteiger partial charge is 0.322 e. The molecule has 0 heterocycles. The molecule has 74 valence electrons. The Morgan fingerprint density at radius 1 is 1.50 bits per heavy atom. The Labute approximate surface area is 84.2 Å². The van der Waals surface area contributed by atoms with Gasteiger partial charge >= 0.3 is 6.00 Å². The monoisotopic (exact) mass is 231 g/mol. The van der Waals surface area contributed by atoms with Crippen molar-refractivity contribution >= 4 is 28.5 Å². The Morgan fingerprint density at radius 3 is 2.33 bits per heavy atom. The molecule has 0 spiro atoms. The molecule has 1 unspecified atom stereocenters. The number of nitrogens with zero attached hydrogens (tertiary/aromatic N) is 1. The molecule has 0 aliphatic rings. The third kappa shape index (κ3) is 4.71. The summed E-state index contributed by atoms with van der Waals surface area (Å²) in [6.45, 7) is 4.10. The first kappa shape index (κ1) is 12.8. The zero-order chi connectivity index (χ0) is 9.78. The SMILES string of the molecule is CCCCC(C)N(C)P(=O)(Cl)Cl. The average molecular weight is 232 g/mol. The van der Waals surface area contributed by atoms with Crippen molar-refractivity contribution in [3.63, 3.8) is 0 Å². The van der Waals surface area contributed by atoms with Gasteiger partial charge in [-0.3, -0.25) is 4.57 Å². The van der Waals surface area contributed by atoms with E-state index in [0.717, 1.165) is 19.3 Å². The molecule has 1 atom stereocenters. The van der Waals surface area contributed by atoms with Crippen LogP contribution in [-0.2, 0) is 4.57 Å². The van der Waals surface area contributed by atoms with E-state index in [1.807, 2.05) is 6.92 Å². The van der Waals surface area contributed by atoms with Crippen LogP contribution in [-0.4, -0.2) is 17.8 Å². The molecule has 0 aromatic rings. The summed E-state index contributed by atoms with van der Waals surface area (Å²) in [7, 11) is 1.70. The van der Waals surface area contributed by atoms with Crippen LogP contribution in [0.5, 0.6) is 0 Å². The maximum absolute atomic E-state index is 11.2. The Morgan fingerprint density at radius 2 is 2.00 bits per heavy atom. The highest BCUT2D eigenvalue weighted by Crippen LogP contribution is 2.60. The molecule has 0 N–H and O–H groups in total. The number of halogens is 2. The van der Waals surface area contributed by atoms with Crippen molar-refractivity contribution in [1.29, 1.82) is 0 Å². The number of unbranched alkanes of at least 4 members (excludes halogenated alkanes) is 1. The third-order valence-corrected chi connectivity index (χ3v) is 4.54. The van der Waals surface area contributed by atoms with Gasteiger partial charge in [0.25, 0.3) is 0 Å². The van der Waals surface area contributed by atoms with Gasteiger partial charge in [0.15, 0.2) is 0 Å². The molecular formula is C7H16Cl2NOP. The van der Waals surface area contributed by atoms with Gasteiger partial charge in [-0.05, 0) is 42.9 Å². The van der Waals surface area contributed by atoms with E-state index in [1.165, 1.54) is 0 Å². The normalized spacial score (nSPS) is 15.2. The smallest absolute Gasteiger partial charge is 0.271 e. The van der Waals surface area contributed by atoms with E-state index in [4.69, 9.17) is 22.5 Å². The summed E-state index contributed by atoms with van der Waals surface area (Å²) in [5.74, 6) is -3.08. The molecule has 0 saturated heterocycles. The van der Waals surface area contributed by atoms with Gasteiger partial charge in [-0.15, -0.1) is 0 Å². The second kappa shape index (κ2) is 5.49. The Kier molecular flexibility index (Phi) is 5.84. The Bertz CT molecular complexity index is 171. The molecule has 12 heavy (non-hydrogen) atoms. The predicted octanol–water partition coefficient (Wildman–Crippen LogP) is 4.08. The van der Waals surface area contributed by atoms with Gasteiger partial charge in [-0.1, -0.05) is 19.8 Å². The van der Waals surface area contributed by atoms with E-state index in [1.54, 1.807) is 11.7 Å². The van der Waals surface area contributed by atoms with Gasteiger partial charge in [0.2, 0.25) is 0 Å². The molecule has 0 amide bonds. The molecule has 2 nitrogen and oxygen atoms in total. The maximum Gasteiger partial charge on any atom is 0.322 e. The Hall–Kier alpha value is 0.770. The molecule has 0 radical (unpaired) electrons. The topological polar surface area (TPSA) is 20.3 Å². The molecular weight excluding hydrogens is 216 g/mol. The predicted molar refractivity (Wildman–Crippen MR) is 56.1 cm³/mol. The molecule has 0 aliphatic carbocycles. The molecule has 0 aliphatic heterocycles. The number of hydrogen-bond acceptors (Lipinski definition) is 1. The van der Waals surface area contributed by atoms with Crippen LogP contribution < -0.4 is 0 Å². The highest BCUT2D eigenvalue weighted by atomic mass is 35.9. The van der Waals surface area contributed by atoms with Crippen LogP contribution in [0.1, 0.15) is 33.1 Å². The van der Waals surface area contributed by atoms with E-state index < -0.39 is 6.00 Å². The lowest BCUT2D eigenvalue weighted by Crippen LogP contribution is -2.22. The van der Waals surface area contributed by atoms with E-state index in [2.05, 4.69) is 6.92 Å². The van der Waals surface area contributed by atoms with Gasteiger partial charge in [0.05, 0.1) is 0 Å². The summed E-state index contributed by atoms with van der Waals surface area (Å²) in [5, 5.41) is 0. The minimum absolute atomic E-state index is 0.186. The third-order valence-electron chi connectivity index (χ3n) is 1.98. The van der Waals surface area contributed by atoms with Crippen LogP contribution in [0.25, 0.3) is 0 Å². The summed E-state index contributed by atoms with van der Waals surface area (Å²) in [4.78, 5) is 0.